The predicted octanol–water partition coefficient (Wildman–Crippen LogP) is 2.62. The second kappa shape index (κ2) is 11.4. The van der Waals surface area contributed by atoms with Crippen LogP contribution in [-0.4, -0.2) is 64.0 Å². The van der Waals surface area contributed by atoms with Crippen LogP contribution in [0.5, 0.6) is 5.75 Å². The van der Waals surface area contributed by atoms with Crippen molar-refractivity contribution < 1.29 is 17.7 Å². The van der Waals surface area contributed by atoms with Gasteiger partial charge in [-0.25, -0.2) is 13.6 Å². The molecule has 2 N–H and O–H groups in total. The SMILES string of the molecule is COc1ccccc1N1CCN(CCCCCc2ccc([S+](C)[O-])c(S(N)(=O)=O)c2)CC1. The number of anilines is 1. The highest BCUT2D eigenvalue weighted by atomic mass is 32.2. The molecule has 0 aliphatic carbocycles. The largest absolute Gasteiger partial charge is 0.612 e. The van der Waals surface area contributed by atoms with Gasteiger partial charge in [0.2, 0.25) is 10.0 Å². The van der Waals surface area contributed by atoms with E-state index in [-0.39, 0.29) is 9.79 Å². The molecule has 1 aliphatic heterocycles. The number of ether oxygens (including phenoxy) is 1. The molecule has 1 unspecified atom stereocenters. The molecule has 7 nitrogen and oxygen atoms in total. The Hall–Kier alpha value is -1.78. The lowest BCUT2D eigenvalue weighted by Gasteiger charge is -2.36. The molecule has 0 aromatic heterocycles. The minimum atomic E-state index is -3.89. The van der Waals surface area contributed by atoms with Crippen LogP contribution >= 0.6 is 0 Å². The van der Waals surface area contributed by atoms with Crippen LogP contribution < -0.4 is 14.8 Å². The van der Waals surface area contributed by atoms with Gasteiger partial charge in [0.1, 0.15) is 16.9 Å². The number of para-hydroxylation sites is 2. The van der Waals surface area contributed by atoms with Crippen LogP contribution in [0.3, 0.4) is 0 Å². The predicted molar refractivity (Wildman–Crippen MR) is 129 cm³/mol. The maximum absolute atomic E-state index is 11.8. The van der Waals surface area contributed by atoms with Crippen LogP contribution in [0.1, 0.15) is 24.8 Å². The first-order valence-corrected chi connectivity index (χ1v) is 14.0. The zero-order chi connectivity index (χ0) is 23.1. The second-order valence-electron chi connectivity index (χ2n) is 8.09. The highest BCUT2D eigenvalue weighted by Crippen LogP contribution is 2.28. The summed E-state index contributed by atoms with van der Waals surface area (Å²) in [4.78, 5) is 5.12. The lowest BCUT2D eigenvalue weighted by Crippen LogP contribution is -2.46. The number of primary sulfonamides is 1. The van der Waals surface area contributed by atoms with Gasteiger partial charge in [-0.2, -0.15) is 0 Å². The molecule has 0 bridgehead atoms. The number of nitrogens with zero attached hydrogens (tertiary/aromatic N) is 2. The fourth-order valence-corrected chi connectivity index (χ4v) is 6.08. The molecule has 0 spiro atoms. The van der Waals surface area contributed by atoms with Gasteiger partial charge in [0.25, 0.3) is 0 Å². The summed E-state index contributed by atoms with van der Waals surface area (Å²) in [6, 6.07) is 13.2. The van der Waals surface area contributed by atoms with Gasteiger partial charge in [-0.3, -0.25) is 4.90 Å². The summed E-state index contributed by atoms with van der Waals surface area (Å²) in [5.74, 6) is 0.921. The number of aryl methyl sites for hydroxylation is 1. The molecule has 9 heteroatoms. The number of unbranched alkanes of at least 4 members (excludes halogenated alkanes) is 2. The van der Waals surface area contributed by atoms with Gasteiger partial charge in [-0.15, -0.1) is 0 Å². The van der Waals surface area contributed by atoms with Gasteiger partial charge in [-0.05, 0) is 66.8 Å². The van der Waals surface area contributed by atoms with E-state index in [1.807, 2.05) is 24.3 Å². The second-order valence-corrected chi connectivity index (χ2v) is 11.0. The summed E-state index contributed by atoms with van der Waals surface area (Å²) >= 11 is -1.40. The topological polar surface area (TPSA) is 98.9 Å². The van der Waals surface area contributed by atoms with E-state index in [9.17, 15) is 13.0 Å². The molecule has 0 radical (unpaired) electrons. The van der Waals surface area contributed by atoms with Crippen molar-refractivity contribution in [2.75, 3.05) is 51.0 Å². The summed E-state index contributed by atoms with van der Waals surface area (Å²) in [5.41, 5.74) is 2.07. The average Bonchev–Trinajstić information content (AvgIpc) is 2.78. The fraction of sp³-hybridized carbons (Fsp3) is 0.478. The van der Waals surface area contributed by atoms with E-state index in [1.165, 1.54) is 6.26 Å². The molecular weight excluding hydrogens is 446 g/mol. The number of methoxy groups -OCH3 is 1. The van der Waals surface area contributed by atoms with Crippen molar-refractivity contribution in [1.82, 2.24) is 4.90 Å². The van der Waals surface area contributed by atoms with Crippen LogP contribution in [0.15, 0.2) is 52.3 Å². The number of hydrogen-bond acceptors (Lipinski definition) is 6. The normalized spacial score (nSPS) is 16.2. The lowest BCUT2D eigenvalue weighted by molar-refractivity contribution is 0.251. The van der Waals surface area contributed by atoms with Gasteiger partial charge in [0, 0.05) is 26.2 Å². The van der Waals surface area contributed by atoms with Crippen LogP contribution in [0, 0.1) is 0 Å². The van der Waals surface area contributed by atoms with E-state index in [4.69, 9.17) is 9.88 Å². The van der Waals surface area contributed by atoms with E-state index >= 15 is 0 Å². The standard InChI is InChI=1S/C23H33N3O4S2/c1-30-21-10-6-5-9-20(21)26-16-14-25(15-17-26)13-7-3-4-8-19-11-12-22(31(2)27)23(18-19)32(24,28)29/h5-6,9-12,18H,3-4,7-8,13-17H2,1-2H3,(H2,24,28,29). The Kier molecular flexibility index (Phi) is 8.84. The van der Waals surface area contributed by atoms with Crippen molar-refractivity contribution in [3.8, 4) is 5.75 Å². The Morgan fingerprint density at radius 2 is 1.78 bits per heavy atom. The molecule has 3 rings (SSSR count). The van der Waals surface area contributed by atoms with E-state index in [0.29, 0.717) is 0 Å². The van der Waals surface area contributed by atoms with Crippen molar-refractivity contribution in [2.45, 2.75) is 35.5 Å². The molecule has 32 heavy (non-hydrogen) atoms. The van der Waals surface area contributed by atoms with Gasteiger partial charge in [0.15, 0.2) is 4.90 Å². The highest BCUT2D eigenvalue weighted by molar-refractivity contribution is 7.93. The maximum Gasteiger partial charge on any atom is 0.243 e. The third kappa shape index (κ3) is 6.62. The zero-order valence-electron chi connectivity index (χ0n) is 18.8. The average molecular weight is 480 g/mol. The molecular formula is C23H33N3O4S2. The Morgan fingerprint density at radius 3 is 2.44 bits per heavy atom. The van der Waals surface area contributed by atoms with Crippen molar-refractivity contribution >= 4 is 26.9 Å². The van der Waals surface area contributed by atoms with Crippen LogP contribution in [0.2, 0.25) is 0 Å². The van der Waals surface area contributed by atoms with E-state index in [1.54, 1.807) is 19.2 Å². The van der Waals surface area contributed by atoms with Gasteiger partial charge in [-0.1, -0.05) is 24.6 Å². The minimum Gasteiger partial charge on any atom is -0.612 e. The molecule has 176 valence electrons. The first kappa shape index (κ1) is 24.9. The number of piperazine rings is 1. The lowest BCUT2D eigenvalue weighted by atomic mass is 10.1. The van der Waals surface area contributed by atoms with Crippen LogP contribution in [-0.2, 0) is 27.6 Å². The highest BCUT2D eigenvalue weighted by Gasteiger charge is 2.21. The quantitative estimate of drug-likeness (QED) is 0.415. The van der Waals surface area contributed by atoms with Crippen LogP contribution in [0.4, 0.5) is 5.69 Å². The van der Waals surface area contributed by atoms with Gasteiger partial charge < -0.3 is 14.2 Å². The molecule has 1 heterocycles. The van der Waals surface area contributed by atoms with Gasteiger partial charge >= 0.3 is 0 Å². The Balaban J connectivity index is 1.41. The number of hydrogen-bond donors (Lipinski definition) is 1. The number of rotatable bonds is 10. The smallest absolute Gasteiger partial charge is 0.243 e. The summed E-state index contributed by atoms with van der Waals surface area (Å²) in [6.45, 7) is 5.11. The van der Waals surface area contributed by atoms with Crippen molar-refractivity contribution in [3.63, 3.8) is 0 Å². The molecule has 1 saturated heterocycles. The summed E-state index contributed by atoms with van der Waals surface area (Å²) in [6.07, 6.45) is 5.38. The number of nitrogens with two attached hydrogens (primary N) is 1. The monoisotopic (exact) mass is 479 g/mol. The van der Waals surface area contributed by atoms with E-state index in [0.717, 1.165) is 75.4 Å². The van der Waals surface area contributed by atoms with E-state index < -0.39 is 21.2 Å². The zero-order valence-corrected chi connectivity index (χ0v) is 20.5. The van der Waals surface area contributed by atoms with Crippen LogP contribution in [0.25, 0.3) is 0 Å². The third-order valence-corrected chi connectivity index (χ3v) is 7.92. The summed E-state index contributed by atoms with van der Waals surface area (Å²) < 4.78 is 40.9. The minimum absolute atomic E-state index is 0.0243. The summed E-state index contributed by atoms with van der Waals surface area (Å²) in [5, 5.41) is 5.31. The van der Waals surface area contributed by atoms with Crippen molar-refractivity contribution in [3.05, 3.63) is 48.0 Å². The summed E-state index contributed by atoms with van der Waals surface area (Å²) in [7, 11) is -2.18. The maximum atomic E-state index is 11.8. The van der Waals surface area contributed by atoms with Gasteiger partial charge in [0.05, 0.1) is 12.8 Å². The fourth-order valence-electron chi connectivity index (χ4n) is 4.11. The molecule has 0 saturated carbocycles. The number of benzene rings is 2. The first-order valence-electron chi connectivity index (χ1n) is 10.9. The molecule has 2 aromatic carbocycles. The third-order valence-electron chi connectivity index (χ3n) is 5.86. The van der Waals surface area contributed by atoms with E-state index in [2.05, 4.69) is 15.9 Å². The Labute approximate surface area is 194 Å². The Bertz CT molecular complexity index is 990. The molecule has 1 atom stereocenters. The molecule has 1 fully saturated rings. The first-order chi connectivity index (χ1) is 15.3. The molecule has 0 amide bonds. The van der Waals surface area contributed by atoms with Crippen molar-refractivity contribution in [2.24, 2.45) is 5.14 Å². The molecule has 2 aromatic rings. The van der Waals surface area contributed by atoms with Crippen molar-refractivity contribution in [1.29, 1.82) is 0 Å². The Morgan fingerprint density at radius 1 is 1.06 bits per heavy atom. The molecule has 1 aliphatic rings. The number of sulfonamides is 1.